The van der Waals surface area contributed by atoms with Gasteiger partial charge in [-0.25, -0.2) is 0 Å². The van der Waals surface area contributed by atoms with Gasteiger partial charge < -0.3 is 4.90 Å². The van der Waals surface area contributed by atoms with Crippen molar-refractivity contribution >= 4 is 17.2 Å². The number of rotatable bonds is 1. The van der Waals surface area contributed by atoms with Crippen LogP contribution in [0.1, 0.15) is 11.1 Å². The van der Waals surface area contributed by atoms with E-state index in [4.69, 9.17) is 17.5 Å². The fourth-order valence-electron chi connectivity index (χ4n) is 0.980. The molecule has 0 saturated carbocycles. The van der Waals surface area contributed by atoms with Crippen molar-refractivity contribution in [1.29, 1.82) is 5.26 Å². The summed E-state index contributed by atoms with van der Waals surface area (Å²) < 4.78 is 0. The molecule has 1 aromatic carbocycles. The molecule has 0 aromatic heterocycles. The average Bonchev–Trinajstić information content (AvgIpc) is 2.16. The van der Waals surface area contributed by atoms with E-state index in [0.29, 0.717) is 5.56 Å². The molecule has 0 N–H and O–H groups in total. The van der Waals surface area contributed by atoms with E-state index in [2.05, 4.69) is 6.07 Å². The van der Waals surface area contributed by atoms with Crippen LogP contribution in [0.3, 0.4) is 0 Å². The minimum absolute atomic E-state index is 0.640. The standard InChI is InChI=1S/C10H10N2S/c1-12(2)10(13)9-5-3-4-8(6-9)7-11/h3-6H,1-2H3. The molecule has 0 heterocycles. The van der Waals surface area contributed by atoms with Gasteiger partial charge in [-0.05, 0) is 12.1 Å². The van der Waals surface area contributed by atoms with Crippen molar-refractivity contribution in [2.45, 2.75) is 0 Å². The Balaban J connectivity index is 3.04. The maximum atomic E-state index is 8.68. The Morgan fingerprint density at radius 3 is 2.69 bits per heavy atom. The molecular formula is C10H10N2S. The highest BCUT2D eigenvalue weighted by atomic mass is 32.1. The van der Waals surface area contributed by atoms with Gasteiger partial charge in [0.1, 0.15) is 4.99 Å². The Hall–Kier alpha value is -1.40. The molecular weight excluding hydrogens is 180 g/mol. The molecule has 13 heavy (non-hydrogen) atoms. The molecule has 1 rings (SSSR count). The second-order valence-corrected chi connectivity index (χ2v) is 3.28. The third-order valence-corrected chi connectivity index (χ3v) is 2.25. The van der Waals surface area contributed by atoms with Gasteiger partial charge in [0.05, 0.1) is 11.6 Å². The molecule has 66 valence electrons. The highest BCUT2D eigenvalue weighted by Gasteiger charge is 2.02. The summed E-state index contributed by atoms with van der Waals surface area (Å²) in [6.07, 6.45) is 0. The predicted molar refractivity (Wildman–Crippen MR) is 56.5 cm³/mol. The Bertz CT molecular complexity index is 363. The summed E-state index contributed by atoms with van der Waals surface area (Å²) in [7, 11) is 3.78. The van der Waals surface area contributed by atoms with Crippen LogP contribution < -0.4 is 0 Å². The van der Waals surface area contributed by atoms with Gasteiger partial charge in [-0.1, -0.05) is 24.4 Å². The van der Waals surface area contributed by atoms with Crippen LogP contribution in [-0.4, -0.2) is 24.0 Å². The quantitative estimate of drug-likeness (QED) is 0.632. The molecule has 0 amide bonds. The molecule has 0 saturated heterocycles. The smallest absolute Gasteiger partial charge is 0.108 e. The third kappa shape index (κ3) is 2.27. The third-order valence-electron chi connectivity index (χ3n) is 1.64. The first-order valence-corrected chi connectivity index (χ1v) is 4.28. The first-order chi connectivity index (χ1) is 6.15. The van der Waals surface area contributed by atoms with E-state index < -0.39 is 0 Å². The lowest BCUT2D eigenvalue weighted by Gasteiger charge is -2.13. The molecule has 0 spiro atoms. The van der Waals surface area contributed by atoms with Crippen LogP contribution in [-0.2, 0) is 0 Å². The average molecular weight is 190 g/mol. The molecule has 0 aliphatic carbocycles. The van der Waals surface area contributed by atoms with Gasteiger partial charge >= 0.3 is 0 Å². The summed E-state index contributed by atoms with van der Waals surface area (Å²) in [6.45, 7) is 0. The fourth-order valence-corrected chi connectivity index (χ4v) is 1.11. The molecule has 3 heteroatoms. The van der Waals surface area contributed by atoms with E-state index in [0.717, 1.165) is 10.6 Å². The number of thiocarbonyl (C=S) groups is 1. The van der Waals surface area contributed by atoms with Crippen molar-refractivity contribution in [1.82, 2.24) is 4.90 Å². The summed E-state index contributed by atoms with van der Waals surface area (Å²) in [5.74, 6) is 0. The van der Waals surface area contributed by atoms with Crippen LogP contribution in [0.5, 0.6) is 0 Å². The highest BCUT2D eigenvalue weighted by molar-refractivity contribution is 7.80. The number of hydrogen-bond acceptors (Lipinski definition) is 2. The van der Waals surface area contributed by atoms with Crippen LogP contribution in [0.25, 0.3) is 0 Å². The van der Waals surface area contributed by atoms with E-state index >= 15 is 0 Å². The number of nitriles is 1. The summed E-state index contributed by atoms with van der Waals surface area (Å²) in [6, 6.07) is 9.39. The van der Waals surface area contributed by atoms with E-state index in [-0.39, 0.29) is 0 Å². The van der Waals surface area contributed by atoms with E-state index in [1.165, 1.54) is 0 Å². The van der Waals surface area contributed by atoms with Gasteiger partial charge in [-0.15, -0.1) is 0 Å². The Kier molecular flexibility index (Phi) is 2.99. The lowest BCUT2D eigenvalue weighted by atomic mass is 10.1. The van der Waals surface area contributed by atoms with Gasteiger partial charge in [0.2, 0.25) is 0 Å². The van der Waals surface area contributed by atoms with Gasteiger partial charge in [-0.3, -0.25) is 0 Å². The monoisotopic (exact) mass is 190 g/mol. The molecule has 0 aliphatic heterocycles. The zero-order chi connectivity index (χ0) is 9.84. The highest BCUT2D eigenvalue weighted by Crippen LogP contribution is 2.06. The number of benzene rings is 1. The molecule has 2 nitrogen and oxygen atoms in total. The lowest BCUT2D eigenvalue weighted by Crippen LogP contribution is -2.20. The largest absolute Gasteiger partial charge is 0.368 e. The van der Waals surface area contributed by atoms with Crippen LogP contribution in [0.4, 0.5) is 0 Å². The van der Waals surface area contributed by atoms with E-state index in [1.54, 1.807) is 12.1 Å². The zero-order valence-electron chi connectivity index (χ0n) is 7.61. The number of hydrogen-bond donors (Lipinski definition) is 0. The van der Waals surface area contributed by atoms with Crippen LogP contribution in [0.2, 0.25) is 0 Å². The maximum Gasteiger partial charge on any atom is 0.108 e. The summed E-state index contributed by atoms with van der Waals surface area (Å²) >= 11 is 5.17. The summed E-state index contributed by atoms with van der Waals surface area (Å²) in [5, 5.41) is 8.68. The second kappa shape index (κ2) is 4.01. The van der Waals surface area contributed by atoms with Crippen LogP contribution in [0, 0.1) is 11.3 Å². The van der Waals surface area contributed by atoms with Crippen molar-refractivity contribution in [3.8, 4) is 6.07 Å². The van der Waals surface area contributed by atoms with Gasteiger partial charge in [-0.2, -0.15) is 5.26 Å². The Labute approximate surface area is 83.4 Å². The van der Waals surface area contributed by atoms with Crippen molar-refractivity contribution in [2.75, 3.05) is 14.1 Å². The molecule has 0 unspecified atom stereocenters. The fraction of sp³-hybridized carbons (Fsp3) is 0.200. The predicted octanol–water partition coefficient (Wildman–Crippen LogP) is 1.80. The van der Waals surface area contributed by atoms with E-state index in [9.17, 15) is 0 Å². The summed E-state index contributed by atoms with van der Waals surface area (Å²) in [5.41, 5.74) is 1.56. The first kappa shape index (κ1) is 9.69. The molecule has 0 bridgehead atoms. The van der Waals surface area contributed by atoms with Crippen LogP contribution >= 0.6 is 12.2 Å². The van der Waals surface area contributed by atoms with Gasteiger partial charge in [0.15, 0.2) is 0 Å². The van der Waals surface area contributed by atoms with Crippen molar-refractivity contribution in [2.24, 2.45) is 0 Å². The van der Waals surface area contributed by atoms with Crippen molar-refractivity contribution in [3.05, 3.63) is 35.4 Å². The molecule has 0 aliphatic rings. The Morgan fingerprint density at radius 1 is 1.46 bits per heavy atom. The normalized spacial score (nSPS) is 9.00. The molecule has 0 atom stereocenters. The topological polar surface area (TPSA) is 27.0 Å². The van der Waals surface area contributed by atoms with Gasteiger partial charge in [0, 0.05) is 19.7 Å². The molecule has 0 radical (unpaired) electrons. The van der Waals surface area contributed by atoms with Crippen LogP contribution in [0.15, 0.2) is 24.3 Å². The van der Waals surface area contributed by atoms with Crippen molar-refractivity contribution in [3.63, 3.8) is 0 Å². The summed E-state index contributed by atoms with van der Waals surface area (Å²) in [4.78, 5) is 2.60. The lowest BCUT2D eigenvalue weighted by molar-refractivity contribution is 0.636. The minimum atomic E-state index is 0.640. The zero-order valence-corrected chi connectivity index (χ0v) is 8.43. The SMILES string of the molecule is CN(C)C(=S)c1cccc(C#N)c1. The maximum absolute atomic E-state index is 8.68. The second-order valence-electron chi connectivity index (χ2n) is 2.89. The van der Waals surface area contributed by atoms with Crippen molar-refractivity contribution < 1.29 is 0 Å². The number of nitrogens with zero attached hydrogens (tertiary/aromatic N) is 2. The van der Waals surface area contributed by atoms with E-state index in [1.807, 2.05) is 31.1 Å². The molecule has 0 fully saturated rings. The minimum Gasteiger partial charge on any atom is -0.368 e. The Morgan fingerprint density at radius 2 is 2.15 bits per heavy atom. The van der Waals surface area contributed by atoms with Gasteiger partial charge in [0.25, 0.3) is 0 Å². The molecule has 1 aromatic rings. The first-order valence-electron chi connectivity index (χ1n) is 3.87.